The van der Waals surface area contributed by atoms with Gasteiger partial charge in [-0.25, -0.2) is 0 Å². The van der Waals surface area contributed by atoms with Gasteiger partial charge in [0.15, 0.2) is 0 Å². The summed E-state index contributed by atoms with van der Waals surface area (Å²) in [6.45, 7) is 9.04. The minimum atomic E-state index is -0.658. The van der Waals surface area contributed by atoms with Crippen molar-refractivity contribution in [2.75, 3.05) is 33.8 Å². The van der Waals surface area contributed by atoms with Crippen molar-refractivity contribution in [1.29, 1.82) is 0 Å². The van der Waals surface area contributed by atoms with Gasteiger partial charge >= 0.3 is 0 Å². The zero-order valence-electron chi connectivity index (χ0n) is 19.8. The van der Waals surface area contributed by atoms with Gasteiger partial charge in [0, 0.05) is 12.1 Å². The SMILES string of the molecule is C=CCOc1ccc(C(O)=C2C(=O)C(=O)N(CCCN(C)C)[C@H]2c2ccc(C)cc2)c(C)c1. The first-order valence-electron chi connectivity index (χ1n) is 11.1. The van der Waals surface area contributed by atoms with E-state index in [0.29, 0.717) is 24.5 Å². The van der Waals surface area contributed by atoms with E-state index < -0.39 is 17.7 Å². The molecule has 0 bridgehead atoms. The molecule has 33 heavy (non-hydrogen) atoms. The third-order valence-electron chi connectivity index (χ3n) is 5.76. The molecule has 1 aliphatic rings. The van der Waals surface area contributed by atoms with Crippen molar-refractivity contribution in [3.63, 3.8) is 0 Å². The minimum Gasteiger partial charge on any atom is -0.507 e. The van der Waals surface area contributed by atoms with E-state index in [1.807, 2.05) is 57.1 Å². The zero-order chi connectivity index (χ0) is 24.1. The van der Waals surface area contributed by atoms with Crippen molar-refractivity contribution in [3.8, 4) is 5.75 Å². The molecule has 6 heteroatoms. The molecular formula is C27H32N2O4. The summed E-state index contributed by atoms with van der Waals surface area (Å²) >= 11 is 0. The van der Waals surface area contributed by atoms with E-state index in [0.717, 1.165) is 29.7 Å². The fourth-order valence-electron chi connectivity index (χ4n) is 4.06. The average molecular weight is 449 g/mol. The number of carbonyl (C=O) groups is 2. The topological polar surface area (TPSA) is 70.1 Å². The number of hydrogen-bond acceptors (Lipinski definition) is 5. The van der Waals surface area contributed by atoms with E-state index in [1.165, 1.54) is 0 Å². The molecule has 0 unspecified atom stereocenters. The monoisotopic (exact) mass is 448 g/mol. The Hall–Kier alpha value is -3.38. The van der Waals surface area contributed by atoms with E-state index in [9.17, 15) is 14.7 Å². The quantitative estimate of drug-likeness (QED) is 0.269. The third kappa shape index (κ3) is 5.34. The number of carbonyl (C=O) groups excluding carboxylic acids is 2. The van der Waals surface area contributed by atoms with E-state index in [1.54, 1.807) is 29.2 Å². The molecular weight excluding hydrogens is 416 g/mol. The van der Waals surface area contributed by atoms with Crippen molar-refractivity contribution in [2.45, 2.75) is 26.3 Å². The molecule has 1 N–H and O–H groups in total. The Labute approximate surface area is 195 Å². The number of ketones is 1. The molecule has 2 aromatic carbocycles. The summed E-state index contributed by atoms with van der Waals surface area (Å²) in [5.74, 6) is -0.760. The lowest BCUT2D eigenvalue weighted by molar-refractivity contribution is -0.139. The Bertz CT molecular complexity index is 1070. The van der Waals surface area contributed by atoms with Crippen molar-refractivity contribution in [3.05, 3.63) is 82.9 Å². The molecule has 1 fully saturated rings. The summed E-state index contributed by atoms with van der Waals surface area (Å²) in [5.41, 5.74) is 3.25. The predicted octanol–water partition coefficient (Wildman–Crippen LogP) is 4.24. The lowest BCUT2D eigenvalue weighted by Crippen LogP contribution is -2.32. The largest absolute Gasteiger partial charge is 0.507 e. The number of aliphatic hydroxyl groups excluding tert-OH is 1. The Morgan fingerprint density at radius 3 is 2.45 bits per heavy atom. The van der Waals surface area contributed by atoms with Gasteiger partial charge in [-0.1, -0.05) is 42.5 Å². The Morgan fingerprint density at radius 2 is 1.85 bits per heavy atom. The van der Waals surface area contributed by atoms with Gasteiger partial charge in [0.05, 0.1) is 11.6 Å². The van der Waals surface area contributed by atoms with Crippen LogP contribution in [0.5, 0.6) is 5.75 Å². The number of benzene rings is 2. The highest BCUT2D eigenvalue weighted by atomic mass is 16.5. The molecule has 3 rings (SSSR count). The molecule has 0 saturated carbocycles. The molecule has 1 atom stereocenters. The number of aliphatic hydroxyl groups is 1. The highest BCUT2D eigenvalue weighted by Crippen LogP contribution is 2.40. The smallest absolute Gasteiger partial charge is 0.295 e. The number of nitrogens with zero attached hydrogens (tertiary/aromatic N) is 2. The lowest BCUT2D eigenvalue weighted by atomic mass is 9.93. The molecule has 174 valence electrons. The zero-order valence-corrected chi connectivity index (χ0v) is 19.8. The number of rotatable bonds is 9. The summed E-state index contributed by atoms with van der Waals surface area (Å²) in [6.07, 6.45) is 2.37. The fraction of sp³-hybridized carbons (Fsp3) is 0.333. The van der Waals surface area contributed by atoms with Crippen LogP contribution in [-0.2, 0) is 9.59 Å². The first-order chi connectivity index (χ1) is 15.7. The fourth-order valence-corrected chi connectivity index (χ4v) is 4.06. The van der Waals surface area contributed by atoms with Crippen LogP contribution in [0.2, 0.25) is 0 Å². The Morgan fingerprint density at radius 1 is 1.15 bits per heavy atom. The van der Waals surface area contributed by atoms with Crippen LogP contribution < -0.4 is 4.74 Å². The summed E-state index contributed by atoms with van der Waals surface area (Å²) < 4.78 is 5.57. The molecule has 0 aromatic heterocycles. The first-order valence-corrected chi connectivity index (χ1v) is 11.1. The second-order valence-electron chi connectivity index (χ2n) is 8.64. The number of amides is 1. The molecule has 1 saturated heterocycles. The number of ether oxygens (including phenoxy) is 1. The van der Waals surface area contributed by atoms with Gasteiger partial charge < -0.3 is 19.6 Å². The molecule has 6 nitrogen and oxygen atoms in total. The van der Waals surface area contributed by atoms with Crippen LogP contribution in [-0.4, -0.2) is 60.4 Å². The second kappa shape index (κ2) is 10.5. The van der Waals surface area contributed by atoms with E-state index in [-0.39, 0.29) is 11.3 Å². The molecule has 1 aliphatic heterocycles. The van der Waals surface area contributed by atoms with Gasteiger partial charge in [-0.15, -0.1) is 0 Å². The van der Waals surface area contributed by atoms with Gasteiger partial charge in [-0.2, -0.15) is 0 Å². The van der Waals surface area contributed by atoms with Crippen LogP contribution in [0.25, 0.3) is 5.76 Å². The van der Waals surface area contributed by atoms with Crippen LogP contribution in [0, 0.1) is 13.8 Å². The third-order valence-corrected chi connectivity index (χ3v) is 5.76. The van der Waals surface area contributed by atoms with Gasteiger partial charge in [-0.3, -0.25) is 9.59 Å². The van der Waals surface area contributed by atoms with Crippen LogP contribution in [0.15, 0.2) is 60.7 Å². The highest BCUT2D eigenvalue weighted by molar-refractivity contribution is 6.46. The molecule has 0 radical (unpaired) electrons. The molecule has 1 heterocycles. The van der Waals surface area contributed by atoms with Crippen LogP contribution in [0.3, 0.4) is 0 Å². The summed E-state index contributed by atoms with van der Waals surface area (Å²) in [4.78, 5) is 29.8. The molecule has 0 aliphatic carbocycles. The van der Waals surface area contributed by atoms with E-state index >= 15 is 0 Å². The van der Waals surface area contributed by atoms with Crippen LogP contribution in [0.4, 0.5) is 0 Å². The van der Waals surface area contributed by atoms with Gasteiger partial charge in [0.2, 0.25) is 0 Å². The van der Waals surface area contributed by atoms with E-state index in [2.05, 4.69) is 6.58 Å². The van der Waals surface area contributed by atoms with Crippen molar-refractivity contribution in [2.24, 2.45) is 0 Å². The average Bonchev–Trinajstić information content (AvgIpc) is 3.02. The molecule has 1 amide bonds. The van der Waals surface area contributed by atoms with Crippen molar-refractivity contribution >= 4 is 17.4 Å². The maximum atomic E-state index is 13.1. The molecule has 2 aromatic rings. The summed E-state index contributed by atoms with van der Waals surface area (Å²) in [7, 11) is 3.94. The Kier molecular flexibility index (Phi) is 7.71. The highest BCUT2D eigenvalue weighted by Gasteiger charge is 2.45. The first kappa shape index (κ1) is 24.3. The number of Topliss-reactive ketones (excluding diaryl/α,β-unsaturated/α-hetero) is 1. The van der Waals surface area contributed by atoms with Crippen LogP contribution >= 0.6 is 0 Å². The van der Waals surface area contributed by atoms with Crippen molar-refractivity contribution in [1.82, 2.24) is 9.80 Å². The maximum Gasteiger partial charge on any atom is 0.295 e. The summed E-state index contributed by atoms with van der Waals surface area (Å²) in [5, 5.41) is 11.3. The Balaban J connectivity index is 2.07. The second-order valence-corrected chi connectivity index (χ2v) is 8.64. The van der Waals surface area contributed by atoms with Gasteiger partial charge in [0.1, 0.15) is 18.1 Å². The normalized spacial score (nSPS) is 17.6. The van der Waals surface area contributed by atoms with E-state index in [4.69, 9.17) is 4.74 Å². The van der Waals surface area contributed by atoms with Gasteiger partial charge in [-0.05, 0) is 70.2 Å². The van der Waals surface area contributed by atoms with Crippen LogP contribution in [0.1, 0.15) is 34.7 Å². The number of hydrogen-bond donors (Lipinski definition) is 1. The molecule has 0 spiro atoms. The number of aryl methyl sites for hydroxylation is 2. The minimum absolute atomic E-state index is 0.122. The van der Waals surface area contributed by atoms with Gasteiger partial charge in [0.25, 0.3) is 11.7 Å². The maximum absolute atomic E-state index is 13.1. The summed E-state index contributed by atoms with van der Waals surface area (Å²) in [6, 6.07) is 12.3. The lowest BCUT2D eigenvalue weighted by Gasteiger charge is -2.26. The van der Waals surface area contributed by atoms with Crippen molar-refractivity contribution < 1.29 is 19.4 Å². The number of likely N-dealkylation sites (tertiary alicyclic amines) is 1. The predicted molar refractivity (Wildman–Crippen MR) is 130 cm³/mol. The standard InChI is InChI=1S/C27H32N2O4/c1-6-16-33-21-12-13-22(19(3)17-21)25(30)23-24(20-10-8-18(2)9-11-20)29(27(32)26(23)31)15-7-14-28(4)5/h6,8-13,17,24,30H,1,7,14-16H2,2-5H3/t24-/m0/s1.